The van der Waals surface area contributed by atoms with Gasteiger partial charge in [0.05, 0.1) is 0 Å². The molecule has 3 N–H and O–H groups in total. The van der Waals surface area contributed by atoms with Crippen LogP contribution in [0.1, 0.15) is 18.9 Å². The molecule has 0 aromatic carbocycles. The van der Waals surface area contributed by atoms with E-state index in [2.05, 4.69) is 22.1 Å². The van der Waals surface area contributed by atoms with Crippen molar-refractivity contribution in [3.63, 3.8) is 0 Å². The SMILES string of the molecule is CC(=O)NCCC#Cc1c[nH]c(=O)c(O)c1. The van der Waals surface area contributed by atoms with E-state index in [4.69, 9.17) is 5.11 Å². The number of carbonyl (C=O) groups is 1. The van der Waals surface area contributed by atoms with Gasteiger partial charge in [0.2, 0.25) is 5.91 Å². The number of pyridine rings is 1. The molecule has 5 heteroatoms. The van der Waals surface area contributed by atoms with Gasteiger partial charge in [0.15, 0.2) is 5.75 Å². The Hall–Kier alpha value is -2.22. The molecule has 1 aromatic rings. The Balaban J connectivity index is 2.53. The molecule has 0 aliphatic heterocycles. The van der Waals surface area contributed by atoms with Crippen LogP contribution in [0.2, 0.25) is 0 Å². The minimum atomic E-state index is -0.538. The van der Waals surface area contributed by atoms with Gasteiger partial charge in [-0.2, -0.15) is 0 Å². The van der Waals surface area contributed by atoms with Crippen molar-refractivity contribution in [2.45, 2.75) is 13.3 Å². The molecule has 0 aliphatic rings. The van der Waals surface area contributed by atoms with Crippen LogP contribution in [-0.2, 0) is 4.79 Å². The van der Waals surface area contributed by atoms with Crippen molar-refractivity contribution in [3.05, 3.63) is 28.2 Å². The standard InChI is InChI=1S/C11H12N2O3/c1-8(14)12-5-3-2-4-9-6-10(15)11(16)13-7-9/h6-7,15H,3,5H2,1H3,(H,12,14)(H,13,16). The van der Waals surface area contributed by atoms with E-state index >= 15 is 0 Å². The topological polar surface area (TPSA) is 82.2 Å². The van der Waals surface area contributed by atoms with Crippen molar-refractivity contribution >= 4 is 5.91 Å². The summed E-state index contributed by atoms with van der Waals surface area (Å²) in [6.07, 6.45) is 1.94. The van der Waals surface area contributed by atoms with Gasteiger partial charge >= 0.3 is 0 Å². The van der Waals surface area contributed by atoms with E-state index < -0.39 is 5.56 Å². The van der Waals surface area contributed by atoms with Crippen LogP contribution >= 0.6 is 0 Å². The maximum absolute atomic E-state index is 10.8. The number of aromatic nitrogens is 1. The highest BCUT2D eigenvalue weighted by Crippen LogP contribution is 2.01. The lowest BCUT2D eigenvalue weighted by atomic mass is 10.2. The number of H-pyrrole nitrogens is 1. The summed E-state index contributed by atoms with van der Waals surface area (Å²) in [5.41, 5.74) is -0.0104. The summed E-state index contributed by atoms with van der Waals surface area (Å²) in [7, 11) is 0. The fourth-order valence-electron chi connectivity index (χ4n) is 1.01. The van der Waals surface area contributed by atoms with Crippen LogP contribution in [-0.4, -0.2) is 22.5 Å². The van der Waals surface area contributed by atoms with E-state index in [9.17, 15) is 9.59 Å². The fraction of sp³-hybridized carbons (Fsp3) is 0.273. The predicted molar refractivity (Wildman–Crippen MR) is 58.9 cm³/mol. The zero-order valence-electron chi connectivity index (χ0n) is 8.83. The third-order valence-corrected chi connectivity index (χ3v) is 1.74. The predicted octanol–water partition coefficient (Wildman–Crippen LogP) is -0.0418. The van der Waals surface area contributed by atoms with Crippen molar-refractivity contribution in [1.29, 1.82) is 0 Å². The van der Waals surface area contributed by atoms with Crippen LogP contribution < -0.4 is 10.9 Å². The first-order chi connectivity index (χ1) is 7.59. The van der Waals surface area contributed by atoms with Crippen molar-refractivity contribution < 1.29 is 9.90 Å². The summed E-state index contributed by atoms with van der Waals surface area (Å²) in [4.78, 5) is 23.7. The second-order valence-corrected chi connectivity index (χ2v) is 3.14. The van der Waals surface area contributed by atoms with Crippen LogP contribution in [0, 0.1) is 11.8 Å². The smallest absolute Gasteiger partial charge is 0.290 e. The number of hydrogen-bond donors (Lipinski definition) is 3. The Labute approximate surface area is 92.5 Å². The number of aromatic amines is 1. The van der Waals surface area contributed by atoms with Crippen molar-refractivity contribution in [3.8, 4) is 17.6 Å². The number of carbonyl (C=O) groups excluding carboxylic acids is 1. The maximum Gasteiger partial charge on any atom is 0.290 e. The molecule has 0 radical (unpaired) electrons. The maximum atomic E-state index is 10.8. The Kier molecular flexibility index (Phi) is 4.16. The minimum Gasteiger partial charge on any atom is -0.503 e. The molecule has 84 valence electrons. The van der Waals surface area contributed by atoms with E-state index in [0.717, 1.165) is 0 Å². The summed E-state index contributed by atoms with van der Waals surface area (Å²) in [6, 6.07) is 1.30. The zero-order chi connectivity index (χ0) is 12.0. The van der Waals surface area contributed by atoms with Gasteiger partial charge in [-0.1, -0.05) is 11.8 Å². The number of nitrogens with one attached hydrogen (secondary N) is 2. The highest BCUT2D eigenvalue weighted by Gasteiger charge is 1.95. The number of aromatic hydroxyl groups is 1. The molecule has 0 aliphatic carbocycles. The van der Waals surface area contributed by atoms with Crippen molar-refractivity contribution in [2.24, 2.45) is 0 Å². The number of rotatable bonds is 2. The molecule has 1 heterocycles. The first-order valence-corrected chi connectivity index (χ1v) is 4.74. The van der Waals surface area contributed by atoms with Gasteiger partial charge in [0, 0.05) is 37.7 Å². The second kappa shape index (κ2) is 5.61. The van der Waals surface area contributed by atoms with Gasteiger partial charge in [0.25, 0.3) is 5.56 Å². The molecule has 16 heavy (non-hydrogen) atoms. The van der Waals surface area contributed by atoms with E-state index in [0.29, 0.717) is 18.5 Å². The summed E-state index contributed by atoms with van der Waals surface area (Å²) in [5, 5.41) is 11.7. The highest BCUT2D eigenvalue weighted by molar-refractivity contribution is 5.72. The molecule has 0 bridgehead atoms. The van der Waals surface area contributed by atoms with Crippen LogP contribution in [0.3, 0.4) is 0 Å². The average molecular weight is 220 g/mol. The Bertz CT molecular complexity index is 494. The summed E-state index contributed by atoms with van der Waals surface area (Å²) in [5.74, 6) is 5.11. The average Bonchev–Trinajstić information content (AvgIpc) is 2.22. The van der Waals surface area contributed by atoms with Gasteiger partial charge in [-0.25, -0.2) is 0 Å². The van der Waals surface area contributed by atoms with Crippen LogP contribution in [0.15, 0.2) is 17.1 Å². The Morgan fingerprint density at radius 1 is 1.62 bits per heavy atom. The van der Waals surface area contributed by atoms with Gasteiger partial charge in [-0.05, 0) is 0 Å². The molecule has 0 fully saturated rings. The molecule has 0 spiro atoms. The first kappa shape index (κ1) is 11.9. The molecule has 1 rings (SSSR count). The Morgan fingerprint density at radius 2 is 2.38 bits per heavy atom. The van der Waals surface area contributed by atoms with Crippen LogP contribution in [0.25, 0.3) is 0 Å². The van der Waals surface area contributed by atoms with E-state index in [-0.39, 0.29) is 11.7 Å². The van der Waals surface area contributed by atoms with Crippen molar-refractivity contribution in [1.82, 2.24) is 10.3 Å². The molecule has 5 nitrogen and oxygen atoms in total. The van der Waals surface area contributed by atoms with E-state index in [1.165, 1.54) is 19.2 Å². The monoisotopic (exact) mass is 220 g/mol. The summed E-state index contributed by atoms with van der Waals surface area (Å²) < 4.78 is 0. The largest absolute Gasteiger partial charge is 0.503 e. The molecule has 0 atom stereocenters. The first-order valence-electron chi connectivity index (χ1n) is 4.74. The van der Waals surface area contributed by atoms with Gasteiger partial charge in [-0.15, -0.1) is 0 Å². The zero-order valence-corrected chi connectivity index (χ0v) is 8.83. The van der Waals surface area contributed by atoms with Gasteiger partial charge < -0.3 is 15.4 Å². The molecular formula is C11H12N2O3. The molecule has 1 aromatic heterocycles. The molecule has 0 saturated carbocycles. The lowest BCUT2D eigenvalue weighted by Gasteiger charge is -1.95. The fourth-order valence-corrected chi connectivity index (χ4v) is 1.01. The van der Waals surface area contributed by atoms with Crippen LogP contribution in [0.4, 0.5) is 0 Å². The molecule has 0 unspecified atom stereocenters. The number of amides is 1. The van der Waals surface area contributed by atoms with E-state index in [1.54, 1.807) is 0 Å². The normalized spacial score (nSPS) is 9.06. The minimum absolute atomic E-state index is 0.0940. The van der Waals surface area contributed by atoms with Crippen LogP contribution in [0.5, 0.6) is 5.75 Å². The quantitative estimate of drug-likeness (QED) is 0.483. The molecular weight excluding hydrogens is 208 g/mol. The lowest BCUT2D eigenvalue weighted by Crippen LogP contribution is -2.20. The molecule has 0 saturated heterocycles. The van der Waals surface area contributed by atoms with Gasteiger partial charge in [0.1, 0.15) is 0 Å². The van der Waals surface area contributed by atoms with E-state index in [1.807, 2.05) is 0 Å². The third-order valence-electron chi connectivity index (χ3n) is 1.74. The summed E-state index contributed by atoms with van der Waals surface area (Å²) in [6.45, 7) is 1.92. The van der Waals surface area contributed by atoms with Crippen molar-refractivity contribution in [2.75, 3.05) is 6.54 Å². The summed E-state index contributed by atoms with van der Waals surface area (Å²) >= 11 is 0. The number of hydrogen-bond acceptors (Lipinski definition) is 3. The van der Waals surface area contributed by atoms with Gasteiger partial charge in [-0.3, -0.25) is 9.59 Å². The highest BCUT2D eigenvalue weighted by atomic mass is 16.3. The Morgan fingerprint density at radius 3 is 3.00 bits per heavy atom. The molecule has 1 amide bonds. The third kappa shape index (κ3) is 3.88. The lowest BCUT2D eigenvalue weighted by molar-refractivity contribution is -0.118. The second-order valence-electron chi connectivity index (χ2n) is 3.14.